The van der Waals surface area contributed by atoms with E-state index in [1.807, 2.05) is 36.5 Å². The maximum absolute atomic E-state index is 11.5. The van der Waals surface area contributed by atoms with Crippen molar-refractivity contribution in [1.82, 2.24) is 15.2 Å². The fourth-order valence-electron chi connectivity index (χ4n) is 3.67. The van der Waals surface area contributed by atoms with Crippen LogP contribution in [0.1, 0.15) is 19.3 Å². The lowest BCUT2D eigenvalue weighted by molar-refractivity contribution is -0.121. The highest BCUT2D eigenvalue weighted by Gasteiger charge is 2.22. The molecule has 1 aromatic carbocycles. The van der Waals surface area contributed by atoms with Crippen LogP contribution in [-0.4, -0.2) is 60.2 Å². The van der Waals surface area contributed by atoms with E-state index in [0.717, 1.165) is 49.3 Å². The van der Waals surface area contributed by atoms with Crippen LogP contribution in [0.15, 0.2) is 42.6 Å². The van der Waals surface area contributed by atoms with Gasteiger partial charge in [0.1, 0.15) is 12.4 Å². The largest absolute Gasteiger partial charge is 0.465 e. The van der Waals surface area contributed by atoms with Crippen LogP contribution >= 0.6 is 11.6 Å². The third kappa shape index (κ3) is 5.86. The van der Waals surface area contributed by atoms with Gasteiger partial charge in [-0.1, -0.05) is 23.7 Å². The first-order valence-corrected chi connectivity index (χ1v) is 10.5. The normalized spacial score (nSPS) is 14.4. The Labute approximate surface area is 181 Å². The van der Waals surface area contributed by atoms with Crippen LogP contribution in [-0.2, 0) is 4.79 Å². The molecule has 0 unspecified atom stereocenters. The molecule has 1 saturated heterocycles. The number of amides is 2. The third-order valence-electron chi connectivity index (χ3n) is 5.56. The Morgan fingerprint density at radius 3 is 2.40 bits per heavy atom. The number of pyridine rings is 1. The smallest absolute Gasteiger partial charge is 0.407 e. The first kappa shape index (κ1) is 21.9. The number of nitrogens with zero attached hydrogens (tertiary/aromatic N) is 3. The van der Waals surface area contributed by atoms with Crippen LogP contribution in [0, 0.1) is 5.92 Å². The van der Waals surface area contributed by atoms with Crippen LogP contribution in [0.5, 0.6) is 0 Å². The molecule has 0 atom stereocenters. The first-order chi connectivity index (χ1) is 14.5. The van der Waals surface area contributed by atoms with Gasteiger partial charge in [-0.3, -0.25) is 9.69 Å². The molecule has 7 nitrogen and oxygen atoms in total. The number of halogens is 1. The lowest BCUT2D eigenvalue weighted by Gasteiger charge is -2.33. The zero-order chi connectivity index (χ0) is 21.5. The summed E-state index contributed by atoms with van der Waals surface area (Å²) in [7, 11) is 1.51. The molecule has 0 aliphatic carbocycles. The van der Waals surface area contributed by atoms with Crippen molar-refractivity contribution in [2.24, 2.45) is 5.92 Å². The highest BCUT2D eigenvalue weighted by molar-refractivity contribution is 6.30. The van der Waals surface area contributed by atoms with Gasteiger partial charge in [0, 0.05) is 43.5 Å². The van der Waals surface area contributed by atoms with Gasteiger partial charge >= 0.3 is 6.09 Å². The summed E-state index contributed by atoms with van der Waals surface area (Å²) in [5.41, 5.74) is 2.13. The molecule has 1 fully saturated rings. The zero-order valence-corrected chi connectivity index (χ0v) is 17.8. The Bertz CT molecular complexity index is 850. The molecule has 1 aliphatic rings. The molecule has 1 aromatic heterocycles. The summed E-state index contributed by atoms with van der Waals surface area (Å²) in [5, 5.41) is 12.5. The van der Waals surface area contributed by atoms with Crippen LogP contribution < -0.4 is 10.2 Å². The van der Waals surface area contributed by atoms with Gasteiger partial charge in [0.2, 0.25) is 5.91 Å². The fourth-order valence-corrected chi connectivity index (χ4v) is 3.80. The molecule has 30 heavy (non-hydrogen) atoms. The number of piperidine rings is 1. The lowest BCUT2D eigenvalue weighted by atomic mass is 9.93. The van der Waals surface area contributed by atoms with E-state index >= 15 is 0 Å². The van der Waals surface area contributed by atoms with E-state index < -0.39 is 6.09 Å². The van der Waals surface area contributed by atoms with Gasteiger partial charge in [0.15, 0.2) is 0 Å². The van der Waals surface area contributed by atoms with Gasteiger partial charge < -0.3 is 15.3 Å². The SMILES string of the molecule is CNC(=O)CN(CCC1CCN(c2ccc(-c3ccc(Cl)cc3)cn2)CC1)C(=O)O. The average molecular weight is 431 g/mol. The summed E-state index contributed by atoms with van der Waals surface area (Å²) in [4.78, 5) is 30.9. The minimum atomic E-state index is -1.05. The van der Waals surface area contributed by atoms with E-state index in [0.29, 0.717) is 17.5 Å². The van der Waals surface area contributed by atoms with Crippen molar-refractivity contribution in [3.63, 3.8) is 0 Å². The molecule has 0 spiro atoms. The molecule has 2 heterocycles. The second kappa shape index (κ2) is 10.3. The second-order valence-electron chi connectivity index (χ2n) is 7.51. The molecule has 3 rings (SSSR count). The number of carbonyl (C=O) groups is 2. The van der Waals surface area contributed by atoms with E-state index in [-0.39, 0.29) is 12.5 Å². The van der Waals surface area contributed by atoms with Crippen molar-refractivity contribution in [3.8, 4) is 11.1 Å². The number of nitrogens with one attached hydrogen (secondary N) is 1. The monoisotopic (exact) mass is 430 g/mol. The van der Waals surface area contributed by atoms with E-state index in [2.05, 4.69) is 21.3 Å². The predicted molar refractivity (Wildman–Crippen MR) is 118 cm³/mol. The van der Waals surface area contributed by atoms with Gasteiger partial charge in [0.25, 0.3) is 0 Å². The summed E-state index contributed by atoms with van der Waals surface area (Å²) in [6, 6.07) is 11.8. The summed E-state index contributed by atoms with van der Waals surface area (Å²) in [6.45, 7) is 2.04. The predicted octanol–water partition coefficient (Wildman–Crippen LogP) is 3.73. The Morgan fingerprint density at radius 1 is 1.17 bits per heavy atom. The Hall–Kier alpha value is -2.80. The van der Waals surface area contributed by atoms with Gasteiger partial charge in [0.05, 0.1) is 0 Å². The Kier molecular flexibility index (Phi) is 7.52. The van der Waals surface area contributed by atoms with Crippen LogP contribution in [0.4, 0.5) is 10.6 Å². The minimum absolute atomic E-state index is 0.117. The van der Waals surface area contributed by atoms with E-state index in [9.17, 15) is 14.7 Å². The van der Waals surface area contributed by atoms with E-state index in [1.165, 1.54) is 11.9 Å². The maximum Gasteiger partial charge on any atom is 0.407 e. The highest BCUT2D eigenvalue weighted by atomic mass is 35.5. The number of hydrogen-bond donors (Lipinski definition) is 2. The molecule has 0 saturated carbocycles. The molecule has 2 amide bonds. The van der Waals surface area contributed by atoms with Gasteiger partial charge in [-0.25, -0.2) is 9.78 Å². The van der Waals surface area contributed by atoms with Crippen molar-refractivity contribution < 1.29 is 14.7 Å². The van der Waals surface area contributed by atoms with E-state index in [4.69, 9.17) is 11.6 Å². The molecule has 8 heteroatoms. The van der Waals surface area contributed by atoms with Crippen molar-refractivity contribution in [2.45, 2.75) is 19.3 Å². The van der Waals surface area contributed by atoms with Gasteiger partial charge in [-0.15, -0.1) is 0 Å². The average Bonchev–Trinajstić information content (AvgIpc) is 2.77. The number of hydrogen-bond acceptors (Lipinski definition) is 4. The number of anilines is 1. The number of benzene rings is 1. The van der Waals surface area contributed by atoms with Gasteiger partial charge in [-0.2, -0.15) is 0 Å². The molecule has 2 aromatic rings. The quantitative estimate of drug-likeness (QED) is 0.698. The molecule has 2 N–H and O–H groups in total. The van der Waals surface area contributed by atoms with Gasteiger partial charge in [-0.05, 0) is 55.0 Å². The van der Waals surface area contributed by atoms with Crippen LogP contribution in [0.25, 0.3) is 11.1 Å². The molecular formula is C22H27ClN4O3. The van der Waals surface area contributed by atoms with E-state index in [1.54, 1.807) is 0 Å². The zero-order valence-electron chi connectivity index (χ0n) is 17.1. The van der Waals surface area contributed by atoms with Crippen LogP contribution in [0.3, 0.4) is 0 Å². The number of carboxylic acid groups (broad SMARTS) is 1. The van der Waals surface area contributed by atoms with Crippen molar-refractivity contribution in [3.05, 3.63) is 47.6 Å². The number of aromatic nitrogens is 1. The number of likely N-dealkylation sites (N-methyl/N-ethyl adjacent to an activating group) is 1. The van der Waals surface area contributed by atoms with Crippen molar-refractivity contribution >= 4 is 29.4 Å². The summed E-state index contributed by atoms with van der Waals surface area (Å²) < 4.78 is 0. The summed E-state index contributed by atoms with van der Waals surface area (Å²) in [5.74, 6) is 1.11. The molecule has 0 bridgehead atoms. The molecular weight excluding hydrogens is 404 g/mol. The highest BCUT2D eigenvalue weighted by Crippen LogP contribution is 2.26. The minimum Gasteiger partial charge on any atom is -0.465 e. The standard InChI is InChI=1S/C22H27ClN4O3/c1-24-21(28)15-27(22(29)30)13-10-16-8-11-26(12-9-16)20-7-4-18(14-25-20)17-2-5-19(23)6-3-17/h2-7,14,16H,8-13,15H2,1H3,(H,24,28)(H,29,30). The Morgan fingerprint density at radius 2 is 1.83 bits per heavy atom. The molecule has 0 radical (unpaired) electrons. The summed E-state index contributed by atoms with van der Waals surface area (Å²) in [6.07, 6.45) is 3.55. The number of carbonyl (C=O) groups excluding carboxylic acids is 1. The Balaban J connectivity index is 1.49. The third-order valence-corrected chi connectivity index (χ3v) is 5.81. The number of rotatable bonds is 7. The van der Waals surface area contributed by atoms with Crippen molar-refractivity contribution in [1.29, 1.82) is 0 Å². The lowest BCUT2D eigenvalue weighted by Crippen LogP contribution is -2.41. The fraction of sp³-hybridized carbons (Fsp3) is 0.409. The molecule has 1 aliphatic heterocycles. The molecule has 160 valence electrons. The van der Waals surface area contributed by atoms with Crippen LogP contribution in [0.2, 0.25) is 5.02 Å². The first-order valence-electron chi connectivity index (χ1n) is 10.1. The van der Waals surface area contributed by atoms with Crippen molar-refractivity contribution in [2.75, 3.05) is 38.1 Å². The topological polar surface area (TPSA) is 85.8 Å². The second-order valence-corrected chi connectivity index (χ2v) is 7.94. The maximum atomic E-state index is 11.5. The summed E-state index contributed by atoms with van der Waals surface area (Å²) >= 11 is 5.95.